The van der Waals surface area contributed by atoms with Crippen molar-refractivity contribution in [3.05, 3.63) is 38.8 Å². The third kappa shape index (κ3) is 2.14. The van der Waals surface area contributed by atoms with Crippen LogP contribution in [0.1, 0.15) is 29.3 Å². The molecule has 0 aliphatic heterocycles. The van der Waals surface area contributed by atoms with Gasteiger partial charge in [0.1, 0.15) is 6.10 Å². The number of hydrogen-bond donors (Lipinski definition) is 1. The molecule has 0 aromatic carbocycles. The second kappa shape index (κ2) is 4.57. The molecule has 0 saturated heterocycles. The molecule has 86 valence electrons. The molecule has 2 aromatic heterocycles. The number of aliphatic hydroxyl groups is 1. The molecule has 2 heterocycles. The average Bonchev–Trinajstić information content (AvgIpc) is 2.83. The smallest absolute Gasteiger partial charge is 0.130 e. The number of aromatic nitrogens is 2. The monoisotopic (exact) mass is 256 g/mol. The van der Waals surface area contributed by atoms with Gasteiger partial charge in [-0.15, -0.1) is 11.3 Å². The van der Waals surface area contributed by atoms with Gasteiger partial charge in [0.05, 0.1) is 15.7 Å². The molecule has 0 radical (unpaired) electrons. The fraction of sp³-hybridized carbons (Fsp3) is 0.364. The molecule has 5 heteroatoms. The van der Waals surface area contributed by atoms with Crippen molar-refractivity contribution in [2.24, 2.45) is 7.05 Å². The van der Waals surface area contributed by atoms with Crippen LogP contribution in [-0.2, 0) is 13.5 Å². The van der Waals surface area contributed by atoms with Gasteiger partial charge in [-0.2, -0.15) is 5.10 Å². The van der Waals surface area contributed by atoms with E-state index in [0.717, 1.165) is 22.7 Å². The Morgan fingerprint density at radius 2 is 2.31 bits per heavy atom. The van der Waals surface area contributed by atoms with E-state index in [0.29, 0.717) is 4.34 Å². The first-order valence-electron chi connectivity index (χ1n) is 5.08. The number of hydrogen-bond acceptors (Lipinski definition) is 3. The number of rotatable bonds is 3. The predicted octanol–water partition coefficient (Wildman–Crippen LogP) is 2.78. The summed E-state index contributed by atoms with van der Waals surface area (Å²) in [6.07, 6.45) is 0.224. The minimum absolute atomic E-state index is 0.643. The second-order valence-corrected chi connectivity index (χ2v) is 5.33. The Bertz CT molecular complexity index is 492. The molecule has 0 amide bonds. The molecule has 1 atom stereocenters. The first-order chi connectivity index (χ1) is 7.61. The molecular formula is C11H13ClN2OS. The molecule has 3 nitrogen and oxygen atoms in total. The van der Waals surface area contributed by atoms with E-state index in [2.05, 4.69) is 5.10 Å². The Hall–Kier alpha value is -0.840. The van der Waals surface area contributed by atoms with Crippen molar-refractivity contribution in [3.8, 4) is 0 Å². The summed E-state index contributed by atoms with van der Waals surface area (Å²) in [7, 11) is 1.84. The van der Waals surface area contributed by atoms with E-state index in [1.54, 1.807) is 10.7 Å². The van der Waals surface area contributed by atoms with Crippen molar-refractivity contribution in [3.63, 3.8) is 0 Å². The summed E-state index contributed by atoms with van der Waals surface area (Å²) < 4.78 is 2.41. The topological polar surface area (TPSA) is 38.0 Å². The zero-order valence-electron chi connectivity index (χ0n) is 9.14. The molecule has 0 aliphatic rings. The van der Waals surface area contributed by atoms with Crippen LogP contribution >= 0.6 is 22.9 Å². The van der Waals surface area contributed by atoms with Crippen LogP contribution in [0, 0.1) is 0 Å². The van der Waals surface area contributed by atoms with Gasteiger partial charge in [-0.05, 0) is 24.6 Å². The van der Waals surface area contributed by atoms with Crippen LogP contribution in [-0.4, -0.2) is 14.9 Å². The number of aliphatic hydroxyl groups excluding tert-OH is 1. The van der Waals surface area contributed by atoms with Crippen molar-refractivity contribution < 1.29 is 5.11 Å². The van der Waals surface area contributed by atoms with Crippen LogP contribution in [0.5, 0.6) is 0 Å². The summed E-state index contributed by atoms with van der Waals surface area (Å²) in [5.74, 6) is 0. The lowest BCUT2D eigenvalue weighted by Crippen LogP contribution is -2.04. The summed E-state index contributed by atoms with van der Waals surface area (Å²) >= 11 is 7.24. The van der Waals surface area contributed by atoms with Crippen molar-refractivity contribution >= 4 is 22.9 Å². The highest BCUT2D eigenvalue weighted by Crippen LogP contribution is 2.30. The molecule has 0 bridgehead atoms. The Labute approximate surface area is 103 Å². The maximum absolute atomic E-state index is 10.2. The number of aryl methyl sites for hydroxylation is 2. The zero-order valence-corrected chi connectivity index (χ0v) is 10.7. The molecule has 0 fully saturated rings. The summed E-state index contributed by atoms with van der Waals surface area (Å²) in [5, 5.41) is 14.5. The van der Waals surface area contributed by atoms with Crippen molar-refractivity contribution in [2.75, 3.05) is 0 Å². The second-order valence-electron chi connectivity index (χ2n) is 3.58. The first kappa shape index (κ1) is 11.6. The molecular weight excluding hydrogens is 244 g/mol. The van der Waals surface area contributed by atoms with Gasteiger partial charge in [0, 0.05) is 11.9 Å². The third-order valence-electron chi connectivity index (χ3n) is 2.47. The van der Waals surface area contributed by atoms with Gasteiger partial charge in [-0.3, -0.25) is 4.68 Å². The molecule has 0 aliphatic carbocycles. The van der Waals surface area contributed by atoms with Crippen molar-refractivity contribution in [2.45, 2.75) is 19.4 Å². The third-order valence-corrected chi connectivity index (χ3v) is 3.76. The molecule has 1 N–H and O–H groups in total. The Morgan fingerprint density at radius 1 is 1.56 bits per heavy atom. The number of thiophene rings is 1. The van der Waals surface area contributed by atoms with E-state index in [1.165, 1.54) is 11.3 Å². The highest BCUT2D eigenvalue weighted by molar-refractivity contribution is 7.16. The van der Waals surface area contributed by atoms with Crippen LogP contribution < -0.4 is 0 Å². The molecule has 16 heavy (non-hydrogen) atoms. The van der Waals surface area contributed by atoms with Gasteiger partial charge >= 0.3 is 0 Å². The van der Waals surface area contributed by atoms with Gasteiger partial charge in [0.15, 0.2) is 0 Å². The van der Waals surface area contributed by atoms with Crippen LogP contribution in [0.25, 0.3) is 0 Å². The quantitative estimate of drug-likeness (QED) is 0.917. The first-order valence-corrected chi connectivity index (χ1v) is 6.27. The van der Waals surface area contributed by atoms with Crippen molar-refractivity contribution in [1.29, 1.82) is 0 Å². The van der Waals surface area contributed by atoms with Crippen LogP contribution in [0.3, 0.4) is 0 Å². The highest BCUT2D eigenvalue weighted by Gasteiger charge is 2.17. The van der Waals surface area contributed by atoms with E-state index >= 15 is 0 Å². The molecule has 1 unspecified atom stereocenters. The Kier molecular flexibility index (Phi) is 3.33. The highest BCUT2D eigenvalue weighted by atomic mass is 35.5. The summed E-state index contributed by atoms with van der Waals surface area (Å²) in [6.45, 7) is 2.04. The van der Waals surface area contributed by atoms with Gasteiger partial charge in [0.2, 0.25) is 0 Å². The fourth-order valence-corrected chi connectivity index (χ4v) is 2.65. The average molecular weight is 257 g/mol. The Morgan fingerprint density at radius 3 is 2.81 bits per heavy atom. The van der Waals surface area contributed by atoms with E-state index in [-0.39, 0.29) is 0 Å². The van der Waals surface area contributed by atoms with E-state index in [4.69, 9.17) is 11.6 Å². The van der Waals surface area contributed by atoms with E-state index in [9.17, 15) is 5.11 Å². The van der Waals surface area contributed by atoms with Gasteiger partial charge in [0.25, 0.3) is 0 Å². The minimum Gasteiger partial charge on any atom is -0.381 e. The molecule has 2 rings (SSSR count). The number of nitrogens with zero attached hydrogens (tertiary/aromatic N) is 2. The normalized spacial score (nSPS) is 13.0. The summed E-state index contributed by atoms with van der Waals surface area (Å²) in [6, 6.07) is 5.57. The maximum Gasteiger partial charge on any atom is 0.130 e. The molecule has 0 saturated carbocycles. The zero-order chi connectivity index (χ0) is 11.7. The predicted molar refractivity (Wildman–Crippen MR) is 66.0 cm³/mol. The number of halogens is 1. The van der Waals surface area contributed by atoms with Crippen LogP contribution in [0.15, 0.2) is 18.2 Å². The summed E-state index contributed by atoms with van der Waals surface area (Å²) in [4.78, 5) is 0.843. The standard InChI is InChI=1S/C11H13ClN2OS/c1-3-7-6-8(14(2)13-7)11(15)9-4-5-10(12)16-9/h4-6,11,15H,3H2,1-2H3. The largest absolute Gasteiger partial charge is 0.381 e. The maximum atomic E-state index is 10.2. The van der Waals surface area contributed by atoms with Gasteiger partial charge in [-0.25, -0.2) is 0 Å². The molecule has 2 aromatic rings. The van der Waals surface area contributed by atoms with E-state index < -0.39 is 6.10 Å². The SMILES string of the molecule is CCc1cc(C(O)c2ccc(Cl)s2)n(C)n1. The van der Waals surface area contributed by atoms with Gasteiger partial charge < -0.3 is 5.11 Å². The lowest BCUT2D eigenvalue weighted by Gasteiger charge is -2.07. The lowest BCUT2D eigenvalue weighted by atomic mass is 10.2. The minimum atomic E-state index is -0.643. The Balaban J connectivity index is 2.33. The van der Waals surface area contributed by atoms with E-state index in [1.807, 2.05) is 26.1 Å². The van der Waals surface area contributed by atoms with Crippen molar-refractivity contribution in [1.82, 2.24) is 9.78 Å². The lowest BCUT2D eigenvalue weighted by molar-refractivity contribution is 0.213. The summed E-state index contributed by atoms with van der Waals surface area (Å²) in [5.41, 5.74) is 1.79. The fourth-order valence-electron chi connectivity index (χ4n) is 1.59. The van der Waals surface area contributed by atoms with Crippen LogP contribution in [0.4, 0.5) is 0 Å². The molecule has 0 spiro atoms. The van der Waals surface area contributed by atoms with Crippen LogP contribution in [0.2, 0.25) is 4.34 Å². The van der Waals surface area contributed by atoms with Gasteiger partial charge in [-0.1, -0.05) is 18.5 Å².